The van der Waals surface area contributed by atoms with Crippen molar-refractivity contribution in [2.45, 2.75) is 20.3 Å². The molecule has 0 aliphatic rings. The van der Waals surface area contributed by atoms with E-state index in [1.807, 2.05) is 0 Å². The molecule has 1 rings (SSSR count). The SMILES string of the molecule is CC(C)CCOC(=O)c1ccccc1O.[Mg]. The van der Waals surface area contributed by atoms with Crippen molar-refractivity contribution < 1.29 is 14.6 Å². The maximum Gasteiger partial charge on any atom is 0.341 e. The number of benzene rings is 1. The lowest BCUT2D eigenvalue weighted by Gasteiger charge is -2.07. The Kier molecular flexibility index (Phi) is 7.17. The normalized spacial score (nSPS) is 9.69. The third kappa shape index (κ3) is 4.85. The van der Waals surface area contributed by atoms with Gasteiger partial charge >= 0.3 is 5.97 Å². The monoisotopic (exact) mass is 232 g/mol. The van der Waals surface area contributed by atoms with E-state index < -0.39 is 5.97 Å². The van der Waals surface area contributed by atoms with Crippen molar-refractivity contribution in [3.63, 3.8) is 0 Å². The lowest BCUT2D eigenvalue weighted by molar-refractivity contribution is 0.0485. The predicted molar refractivity (Wildman–Crippen MR) is 63.6 cm³/mol. The Morgan fingerprint density at radius 2 is 2.00 bits per heavy atom. The Morgan fingerprint density at radius 1 is 1.38 bits per heavy atom. The van der Waals surface area contributed by atoms with Crippen molar-refractivity contribution in [3.8, 4) is 5.75 Å². The molecule has 1 aromatic carbocycles. The van der Waals surface area contributed by atoms with Crippen molar-refractivity contribution in [2.24, 2.45) is 5.92 Å². The molecule has 3 nitrogen and oxygen atoms in total. The van der Waals surface area contributed by atoms with E-state index in [2.05, 4.69) is 13.8 Å². The molecule has 0 saturated carbocycles. The van der Waals surface area contributed by atoms with E-state index in [4.69, 9.17) is 4.74 Å². The molecule has 4 heteroatoms. The summed E-state index contributed by atoms with van der Waals surface area (Å²) < 4.78 is 5.02. The highest BCUT2D eigenvalue weighted by molar-refractivity contribution is 5.92. The summed E-state index contributed by atoms with van der Waals surface area (Å²) in [5.74, 6) is 0.00275. The van der Waals surface area contributed by atoms with E-state index >= 15 is 0 Å². The number of aromatic hydroxyl groups is 1. The molecule has 1 N–H and O–H groups in total. The van der Waals surface area contributed by atoms with Gasteiger partial charge in [-0.3, -0.25) is 0 Å². The first-order valence-corrected chi connectivity index (χ1v) is 5.06. The van der Waals surface area contributed by atoms with Crippen molar-refractivity contribution in [1.29, 1.82) is 0 Å². The van der Waals surface area contributed by atoms with Gasteiger partial charge in [0.1, 0.15) is 11.3 Å². The number of carbonyl (C=O) groups is 1. The summed E-state index contributed by atoms with van der Waals surface area (Å²) in [6.07, 6.45) is 0.833. The minimum atomic E-state index is -0.464. The third-order valence-corrected chi connectivity index (χ3v) is 2.05. The number of ether oxygens (including phenoxy) is 1. The summed E-state index contributed by atoms with van der Waals surface area (Å²) in [5.41, 5.74) is 0.223. The molecular formula is C12H16MgO3. The Balaban J connectivity index is 0.00000225. The van der Waals surface area contributed by atoms with Crippen LogP contribution in [0.3, 0.4) is 0 Å². The molecule has 0 fully saturated rings. The van der Waals surface area contributed by atoms with Gasteiger partial charge in [-0.05, 0) is 24.5 Å². The number of para-hydroxylation sites is 1. The van der Waals surface area contributed by atoms with Crippen LogP contribution in [0.4, 0.5) is 0 Å². The Morgan fingerprint density at radius 3 is 2.56 bits per heavy atom. The van der Waals surface area contributed by atoms with E-state index in [1.165, 1.54) is 6.07 Å². The molecule has 0 atom stereocenters. The molecule has 0 aromatic heterocycles. The Bertz CT molecular complexity index is 337. The Hall–Kier alpha value is -0.744. The molecule has 0 amide bonds. The van der Waals surface area contributed by atoms with Crippen LogP contribution in [-0.2, 0) is 4.74 Å². The van der Waals surface area contributed by atoms with Crippen LogP contribution in [0.2, 0.25) is 0 Å². The highest BCUT2D eigenvalue weighted by Gasteiger charge is 2.11. The summed E-state index contributed by atoms with van der Waals surface area (Å²) in [7, 11) is 0. The van der Waals surface area contributed by atoms with E-state index in [1.54, 1.807) is 18.2 Å². The maximum absolute atomic E-state index is 11.5. The number of rotatable bonds is 4. The van der Waals surface area contributed by atoms with Gasteiger partial charge in [0.25, 0.3) is 0 Å². The summed E-state index contributed by atoms with van der Waals surface area (Å²) in [4.78, 5) is 11.5. The lowest BCUT2D eigenvalue weighted by Crippen LogP contribution is -2.08. The van der Waals surface area contributed by atoms with Crippen LogP contribution in [0.15, 0.2) is 24.3 Å². The van der Waals surface area contributed by atoms with Gasteiger partial charge in [-0.1, -0.05) is 26.0 Å². The molecule has 0 heterocycles. The molecule has 0 unspecified atom stereocenters. The summed E-state index contributed by atoms with van der Waals surface area (Å²) in [5, 5.41) is 9.39. The molecule has 0 aliphatic heterocycles. The van der Waals surface area contributed by atoms with Crippen LogP contribution in [0, 0.1) is 5.92 Å². The average molecular weight is 233 g/mol. The lowest BCUT2D eigenvalue weighted by atomic mass is 10.1. The first-order chi connectivity index (χ1) is 7.11. The zero-order chi connectivity index (χ0) is 11.3. The van der Waals surface area contributed by atoms with Gasteiger partial charge < -0.3 is 9.84 Å². The Labute approximate surface area is 112 Å². The minimum Gasteiger partial charge on any atom is -0.507 e. The second-order valence-corrected chi connectivity index (χ2v) is 3.84. The number of hydrogen-bond acceptors (Lipinski definition) is 3. The second kappa shape index (κ2) is 7.52. The highest BCUT2D eigenvalue weighted by Crippen LogP contribution is 2.16. The third-order valence-electron chi connectivity index (χ3n) is 2.05. The zero-order valence-electron chi connectivity index (χ0n) is 9.77. The maximum atomic E-state index is 11.5. The van der Waals surface area contributed by atoms with E-state index in [-0.39, 0.29) is 34.4 Å². The van der Waals surface area contributed by atoms with Gasteiger partial charge in [0, 0.05) is 23.1 Å². The molecule has 0 saturated heterocycles. The summed E-state index contributed by atoms with van der Waals surface area (Å²) in [6, 6.07) is 6.38. The van der Waals surface area contributed by atoms with E-state index in [0.717, 1.165) is 6.42 Å². The first-order valence-electron chi connectivity index (χ1n) is 5.06. The van der Waals surface area contributed by atoms with Crippen LogP contribution < -0.4 is 0 Å². The fraction of sp³-hybridized carbons (Fsp3) is 0.417. The van der Waals surface area contributed by atoms with Crippen LogP contribution in [0.1, 0.15) is 30.6 Å². The molecule has 0 aliphatic carbocycles. The van der Waals surface area contributed by atoms with Crippen molar-refractivity contribution in [3.05, 3.63) is 29.8 Å². The summed E-state index contributed by atoms with van der Waals surface area (Å²) in [6.45, 7) is 4.52. The zero-order valence-corrected chi connectivity index (χ0v) is 11.2. The van der Waals surface area contributed by atoms with Gasteiger partial charge in [0.2, 0.25) is 0 Å². The summed E-state index contributed by atoms with van der Waals surface area (Å²) >= 11 is 0. The number of phenols is 1. The molecule has 2 radical (unpaired) electrons. The van der Waals surface area contributed by atoms with Crippen molar-refractivity contribution >= 4 is 29.0 Å². The second-order valence-electron chi connectivity index (χ2n) is 3.84. The highest BCUT2D eigenvalue weighted by atomic mass is 24.3. The molecule has 0 bridgehead atoms. The van der Waals surface area contributed by atoms with E-state index in [9.17, 15) is 9.90 Å². The van der Waals surface area contributed by atoms with E-state index in [0.29, 0.717) is 12.5 Å². The quantitative estimate of drug-likeness (QED) is 0.640. The van der Waals surface area contributed by atoms with Crippen LogP contribution >= 0.6 is 0 Å². The molecule has 84 valence electrons. The predicted octanol–water partition coefficient (Wildman–Crippen LogP) is 2.21. The number of carbonyl (C=O) groups excluding carboxylic acids is 1. The molecule has 16 heavy (non-hydrogen) atoms. The number of phenolic OH excluding ortho intramolecular Hbond substituents is 1. The largest absolute Gasteiger partial charge is 0.507 e. The fourth-order valence-electron chi connectivity index (χ4n) is 1.11. The van der Waals surface area contributed by atoms with Crippen molar-refractivity contribution in [1.82, 2.24) is 0 Å². The van der Waals surface area contributed by atoms with Gasteiger partial charge in [-0.2, -0.15) is 0 Å². The van der Waals surface area contributed by atoms with Crippen LogP contribution in [0.5, 0.6) is 5.75 Å². The number of esters is 1. The number of hydrogen-bond donors (Lipinski definition) is 1. The average Bonchev–Trinajstić information content (AvgIpc) is 2.17. The molecular weight excluding hydrogens is 216 g/mol. The van der Waals surface area contributed by atoms with Crippen molar-refractivity contribution in [2.75, 3.05) is 6.61 Å². The smallest absolute Gasteiger partial charge is 0.341 e. The van der Waals surface area contributed by atoms with Gasteiger partial charge in [0.05, 0.1) is 6.61 Å². The van der Waals surface area contributed by atoms with Crippen LogP contribution in [-0.4, -0.2) is 40.7 Å². The van der Waals surface area contributed by atoms with Crippen LogP contribution in [0.25, 0.3) is 0 Å². The minimum absolute atomic E-state index is 0. The topological polar surface area (TPSA) is 46.5 Å². The molecule has 1 aromatic rings. The van der Waals surface area contributed by atoms with Gasteiger partial charge in [0.15, 0.2) is 0 Å². The van der Waals surface area contributed by atoms with Gasteiger partial charge in [-0.25, -0.2) is 4.79 Å². The first kappa shape index (κ1) is 15.3. The fourth-order valence-corrected chi connectivity index (χ4v) is 1.11. The standard InChI is InChI=1S/C12H16O3.Mg/c1-9(2)7-8-15-12(14)10-5-3-4-6-11(10)13;/h3-6,9,13H,7-8H2,1-2H3;. The van der Waals surface area contributed by atoms with Gasteiger partial charge in [-0.15, -0.1) is 0 Å². The molecule has 0 spiro atoms.